The highest BCUT2D eigenvalue weighted by molar-refractivity contribution is 7.97. The van der Waals surface area contributed by atoms with Crippen LogP contribution in [0.3, 0.4) is 0 Å². The number of hydrogen-bond acceptors (Lipinski definition) is 5. The lowest BCUT2D eigenvalue weighted by Gasteiger charge is -2.00. The summed E-state index contributed by atoms with van der Waals surface area (Å²) in [6, 6.07) is 16.2. The molecule has 0 radical (unpaired) electrons. The van der Waals surface area contributed by atoms with Crippen LogP contribution in [0.25, 0.3) is 10.2 Å². The molecule has 0 atom stereocenters. The summed E-state index contributed by atoms with van der Waals surface area (Å²) in [5.41, 5.74) is 1.03. The average molecular weight is 302 g/mol. The van der Waals surface area contributed by atoms with Crippen LogP contribution in [0.4, 0.5) is 0 Å². The van der Waals surface area contributed by atoms with E-state index in [2.05, 4.69) is 21.8 Å². The number of benzene rings is 2. The molecule has 0 saturated carbocycles. The summed E-state index contributed by atoms with van der Waals surface area (Å²) < 4.78 is 9.73. The molecule has 0 aliphatic rings. The van der Waals surface area contributed by atoms with Crippen LogP contribution in [0.1, 0.15) is 5.01 Å². The fraction of sp³-hybridized carbons (Fsp3) is 0.133. The van der Waals surface area contributed by atoms with Gasteiger partial charge in [0.15, 0.2) is 0 Å². The molecular weight excluding hydrogens is 288 g/mol. The minimum absolute atomic E-state index is 0.751. The SMILES string of the molecule is COc1ccc2nc(CNSc3ccccc3)sc2c1. The Morgan fingerprint density at radius 3 is 2.85 bits per heavy atom. The van der Waals surface area contributed by atoms with Crippen molar-refractivity contribution in [3.63, 3.8) is 0 Å². The van der Waals surface area contributed by atoms with E-state index in [0.29, 0.717) is 0 Å². The highest BCUT2D eigenvalue weighted by Gasteiger charge is 2.05. The first-order valence-electron chi connectivity index (χ1n) is 6.23. The van der Waals surface area contributed by atoms with Gasteiger partial charge in [-0.25, -0.2) is 4.98 Å². The number of methoxy groups -OCH3 is 1. The molecule has 1 heterocycles. The molecule has 2 aromatic carbocycles. The van der Waals surface area contributed by atoms with Crippen molar-refractivity contribution in [2.75, 3.05) is 7.11 Å². The molecule has 5 heteroatoms. The molecule has 20 heavy (non-hydrogen) atoms. The second kappa shape index (κ2) is 6.26. The fourth-order valence-corrected chi connectivity index (χ4v) is 3.52. The van der Waals surface area contributed by atoms with Gasteiger partial charge in [0, 0.05) is 4.90 Å². The first-order valence-corrected chi connectivity index (χ1v) is 7.86. The van der Waals surface area contributed by atoms with Gasteiger partial charge in [0.25, 0.3) is 0 Å². The molecule has 1 aromatic heterocycles. The van der Waals surface area contributed by atoms with Gasteiger partial charge >= 0.3 is 0 Å². The van der Waals surface area contributed by atoms with Crippen molar-refractivity contribution < 1.29 is 4.74 Å². The van der Waals surface area contributed by atoms with Crippen LogP contribution in [-0.4, -0.2) is 12.1 Å². The summed E-state index contributed by atoms with van der Waals surface area (Å²) in [6.07, 6.45) is 0. The van der Waals surface area contributed by atoms with E-state index < -0.39 is 0 Å². The number of fused-ring (bicyclic) bond motifs is 1. The van der Waals surface area contributed by atoms with Gasteiger partial charge < -0.3 is 4.74 Å². The van der Waals surface area contributed by atoms with Crippen LogP contribution in [-0.2, 0) is 6.54 Å². The smallest absolute Gasteiger partial charge is 0.120 e. The molecule has 3 aromatic rings. The first kappa shape index (κ1) is 13.4. The quantitative estimate of drug-likeness (QED) is 0.719. The van der Waals surface area contributed by atoms with Crippen LogP contribution in [0.5, 0.6) is 5.75 Å². The molecule has 0 aliphatic carbocycles. The van der Waals surface area contributed by atoms with Crippen molar-refractivity contribution in [2.45, 2.75) is 11.4 Å². The zero-order valence-corrected chi connectivity index (χ0v) is 12.6. The van der Waals surface area contributed by atoms with Crippen molar-refractivity contribution in [1.29, 1.82) is 0 Å². The molecular formula is C15H14N2OS2. The minimum Gasteiger partial charge on any atom is -0.497 e. The third kappa shape index (κ3) is 3.12. The topological polar surface area (TPSA) is 34.1 Å². The van der Waals surface area contributed by atoms with Crippen LogP contribution in [0.2, 0.25) is 0 Å². The minimum atomic E-state index is 0.751. The van der Waals surface area contributed by atoms with E-state index in [1.807, 2.05) is 36.4 Å². The maximum atomic E-state index is 5.23. The zero-order valence-electron chi connectivity index (χ0n) is 11.0. The Morgan fingerprint density at radius 1 is 1.20 bits per heavy atom. The van der Waals surface area contributed by atoms with Crippen molar-refractivity contribution in [2.24, 2.45) is 0 Å². The molecule has 0 spiro atoms. The van der Waals surface area contributed by atoms with E-state index in [-0.39, 0.29) is 0 Å². The predicted octanol–water partition coefficient (Wildman–Crippen LogP) is 4.10. The Morgan fingerprint density at radius 2 is 2.05 bits per heavy atom. The van der Waals surface area contributed by atoms with Crippen LogP contribution >= 0.6 is 23.3 Å². The molecule has 0 fully saturated rings. The highest BCUT2D eigenvalue weighted by atomic mass is 32.2. The second-order valence-electron chi connectivity index (χ2n) is 4.18. The van der Waals surface area contributed by atoms with Gasteiger partial charge in [-0.3, -0.25) is 4.72 Å². The number of nitrogens with one attached hydrogen (secondary N) is 1. The Bertz CT molecular complexity index is 697. The maximum Gasteiger partial charge on any atom is 0.120 e. The number of thiazole rings is 1. The third-order valence-corrected chi connectivity index (χ3v) is 4.61. The van der Waals surface area contributed by atoms with E-state index in [1.54, 1.807) is 30.4 Å². The summed E-state index contributed by atoms with van der Waals surface area (Å²) in [5, 5.41) is 1.08. The normalized spacial score (nSPS) is 10.8. The second-order valence-corrected chi connectivity index (χ2v) is 6.26. The number of nitrogens with zero attached hydrogens (tertiary/aromatic N) is 1. The van der Waals surface area contributed by atoms with Gasteiger partial charge in [-0.05, 0) is 42.3 Å². The van der Waals surface area contributed by atoms with Crippen molar-refractivity contribution in [1.82, 2.24) is 9.71 Å². The van der Waals surface area contributed by atoms with Gasteiger partial charge in [-0.15, -0.1) is 11.3 Å². The van der Waals surface area contributed by atoms with E-state index in [0.717, 1.165) is 27.5 Å². The fourth-order valence-electron chi connectivity index (χ4n) is 1.82. The van der Waals surface area contributed by atoms with Gasteiger partial charge in [-0.2, -0.15) is 0 Å². The third-order valence-electron chi connectivity index (χ3n) is 2.80. The maximum absolute atomic E-state index is 5.23. The molecule has 102 valence electrons. The van der Waals surface area contributed by atoms with E-state index in [9.17, 15) is 0 Å². The summed E-state index contributed by atoms with van der Waals surface area (Å²) in [4.78, 5) is 5.81. The standard InChI is InChI=1S/C15H14N2OS2/c1-18-11-7-8-13-14(9-11)19-15(17-13)10-16-20-12-5-3-2-4-6-12/h2-9,16H,10H2,1H3. The molecule has 1 N–H and O–H groups in total. The molecule has 0 saturated heterocycles. The molecule has 0 aliphatic heterocycles. The molecule has 3 nitrogen and oxygen atoms in total. The number of aromatic nitrogens is 1. The van der Waals surface area contributed by atoms with E-state index >= 15 is 0 Å². The average Bonchev–Trinajstić information content (AvgIpc) is 2.90. The van der Waals surface area contributed by atoms with Gasteiger partial charge in [0.1, 0.15) is 10.8 Å². The monoisotopic (exact) mass is 302 g/mol. The van der Waals surface area contributed by atoms with Gasteiger partial charge in [0.2, 0.25) is 0 Å². The zero-order chi connectivity index (χ0) is 13.8. The summed E-state index contributed by atoms with van der Waals surface area (Å²) >= 11 is 3.32. The van der Waals surface area contributed by atoms with Crippen LogP contribution < -0.4 is 9.46 Å². The summed E-state index contributed by atoms with van der Waals surface area (Å²) in [7, 11) is 1.68. The van der Waals surface area contributed by atoms with Crippen molar-refractivity contribution in [3.05, 3.63) is 53.5 Å². The Labute approximate surface area is 126 Å². The van der Waals surface area contributed by atoms with Crippen LogP contribution in [0, 0.1) is 0 Å². The number of hydrogen-bond donors (Lipinski definition) is 1. The van der Waals surface area contributed by atoms with Gasteiger partial charge in [0.05, 0.1) is 23.9 Å². The molecule has 3 rings (SSSR count). The first-order chi connectivity index (χ1) is 9.85. The Hall–Kier alpha value is -1.56. The van der Waals surface area contributed by atoms with E-state index in [4.69, 9.17) is 4.74 Å². The van der Waals surface area contributed by atoms with Crippen LogP contribution in [0.15, 0.2) is 53.4 Å². The summed E-state index contributed by atoms with van der Waals surface area (Å²) in [5.74, 6) is 0.874. The molecule has 0 unspecified atom stereocenters. The highest BCUT2D eigenvalue weighted by Crippen LogP contribution is 2.26. The lowest BCUT2D eigenvalue weighted by molar-refractivity contribution is 0.415. The Kier molecular flexibility index (Phi) is 4.20. The van der Waals surface area contributed by atoms with E-state index in [1.165, 1.54) is 4.90 Å². The number of rotatable bonds is 5. The van der Waals surface area contributed by atoms with Crippen molar-refractivity contribution >= 4 is 33.5 Å². The number of ether oxygens (including phenoxy) is 1. The van der Waals surface area contributed by atoms with Crippen molar-refractivity contribution in [3.8, 4) is 5.75 Å². The Balaban J connectivity index is 1.66. The molecule has 0 amide bonds. The largest absolute Gasteiger partial charge is 0.497 e. The predicted molar refractivity (Wildman–Crippen MR) is 85.3 cm³/mol. The lowest BCUT2D eigenvalue weighted by Crippen LogP contribution is -2.01. The lowest BCUT2D eigenvalue weighted by atomic mass is 10.3. The molecule has 0 bridgehead atoms. The summed E-state index contributed by atoms with van der Waals surface area (Å²) in [6.45, 7) is 0.751. The van der Waals surface area contributed by atoms with Gasteiger partial charge in [-0.1, -0.05) is 18.2 Å².